The molecule has 0 fully saturated rings. The predicted octanol–water partition coefficient (Wildman–Crippen LogP) is 0.782. The van der Waals surface area contributed by atoms with Crippen LogP contribution < -0.4 is 0 Å². The van der Waals surface area contributed by atoms with Gasteiger partial charge in [-0.15, -0.1) is 0 Å². The van der Waals surface area contributed by atoms with Crippen LogP contribution in [0.4, 0.5) is 0 Å². The number of unbranched alkanes of at least 4 members (excludes halogenated alkanes) is 1. The van der Waals surface area contributed by atoms with E-state index < -0.39 is 6.10 Å². The van der Waals surface area contributed by atoms with Gasteiger partial charge in [-0.2, -0.15) is 0 Å². The van der Waals surface area contributed by atoms with E-state index in [0.29, 0.717) is 25.7 Å². The molecule has 0 aromatic carbocycles. The Morgan fingerprint density at radius 2 is 1.14 bits per heavy atom. The first-order chi connectivity index (χ1) is 10.2. The minimum atomic E-state index is -0.954. The summed E-state index contributed by atoms with van der Waals surface area (Å²) in [7, 11) is 0. The molecular weight excluding hydrogens is 292 g/mol. The molecule has 0 bridgehead atoms. The van der Waals surface area contributed by atoms with Crippen LogP contribution in [-0.2, 0) is 19.1 Å². The van der Waals surface area contributed by atoms with Gasteiger partial charge in [0.2, 0.25) is 0 Å². The number of ether oxygens (including phenoxy) is 2. The Morgan fingerprint density at radius 1 is 0.818 bits per heavy atom. The number of hydrogen-bond donors (Lipinski definition) is 3. The summed E-state index contributed by atoms with van der Waals surface area (Å²) in [4.78, 5) is 22.3. The van der Waals surface area contributed by atoms with Crippen molar-refractivity contribution in [2.75, 3.05) is 13.2 Å². The van der Waals surface area contributed by atoms with Gasteiger partial charge >= 0.3 is 11.9 Å². The number of aliphatic hydroxyl groups excluding tert-OH is 3. The molecule has 0 spiro atoms. The molecule has 3 N–H and O–H groups in total. The highest BCUT2D eigenvalue weighted by Gasteiger charge is 2.08. The van der Waals surface area contributed by atoms with Gasteiger partial charge in [0.25, 0.3) is 0 Å². The van der Waals surface area contributed by atoms with E-state index in [2.05, 4.69) is 0 Å². The van der Waals surface area contributed by atoms with Crippen LogP contribution in [0.3, 0.4) is 0 Å². The average Bonchev–Trinajstić information content (AvgIpc) is 2.42. The second-order valence-electron chi connectivity index (χ2n) is 5.30. The van der Waals surface area contributed by atoms with Crippen LogP contribution in [0.1, 0.15) is 53.4 Å². The SMILES string of the molecule is CC(C)OC(=O)CCCCC(=O)OC(C)C.OCC(O)CO. The number of carbonyl (C=O) groups excluding carboxylic acids is 2. The van der Waals surface area contributed by atoms with Crippen molar-refractivity contribution < 1.29 is 34.4 Å². The van der Waals surface area contributed by atoms with Crippen molar-refractivity contribution in [3.05, 3.63) is 0 Å². The lowest BCUT2D eigenvalue weighted by atomic mass is 10.2. The minimum Gasteiger partial charge on any atom is -0.463 e. The zero-order chi connectivity index (χ0) is 17.5. The van der Waals surface area contributed by atoms with Gasteiger partial charge in [0.15, 0.2) is 0 Å². The zero-order valence-corrected chi connectivity index (χ0v) is 13.9. The van der Waals surface area contributed by atoms with Crippen molar-refractivity contribution in [2.45, 2.75) is 71.7 Å². The first kappa shape index (κ1) is 23.1. The molecule has 0 heterocycles. The molecular formula is C15H30O7. The van der Waals surface area contributed by atoms with Crippen LogP contribution in [0.25, 0.3) is 0 Å². The third kappa shape index (κ3) is 18.8. The highest BCUT2D eigenvalue weighted by molar-refractivity contribution is 5.70. The van der Waals surface area contributed by atoms with Crippen molar-refractivity contribution in [2.24, 2.45) is 0 Å². The van der Waals surface area contributed by atoms with E-state index >= 15 is 0 Å². The van der Waals surface area contributed by atoms with Crippen molar-refractivity contribution in [3.8, 4) is 0 Å². The first-order valence-electron chi connectivity index (χ1n) is 7.51. The summed E-state index contributed by atoms with van der Waals surface area (Å²) in [5.41, 5.74) is 0. The minimum absolute atomic E-state index is 0.0709. The van der Waals surface area contributed by atoms with Crippen molar-refractivity contribution >= 4 is 11.9 Å². The zero-order valence-electron chi connectivity index (χ0n) is 13.9. The van der Waals surface area contributed by atoms with Crippen LogP contribution in [0.15, 0.2) is 0 Å². The monoisotopic (exact) mass is 322 g/mol. The molecule has 0 aromatic heterocycles. The Hall–Kier alpha value is -1.18. The van der Waals surface area contributed by atoms with E-state index in [0.717, 1.165) is 0 Å². The summed E-state index contributed by atoms with van der Waals surface area (Å²) >= 11 is 0. The topological polar surface area (TPSA) is 113 Å². The number of esters is 2. The Balaban J connectivity index is 0. The maximum absolute atomic E-state index is 11.1. The van der Waals surface area contributed by atoms with Gasteiger partial charge in [0.1, 0.15) is 6.10 Å². The molecule has 0 aliphatic carbocycles. The lowest BCUT2D eigenvalue weighted by molar-refractivity contribution is -0.149. The predicted molar refractivity (Wildman–Crippen MR) is 81.1 cm³/mol. The molecule has 0 aromatic rings. The number of aliphatic hydroxyl groups is 3. The van der Waals surface area contributed by atoms with Gasteiger partial charge < -0.3 is 24.8 Å². The smallest absolute Gasteiger partial charge is 0.306 e. The number of rotatable bonds is 9. The van der Waals surface area contributed by atoms with Gasteiger partial charge in [-0.25, -0.2) is 0 Å². The second kappa shape index (κ2) is 14.7. The molecule has 0 saturated heterocycles. The van der Waals surface area contributed by atoms with Crippen LogP contribution in [0, 0.1) is 0 Å². The van der Waals surface area contributed by atoms with E-state index in [4.69, 9.17) is 24.8 Å². The summed E-state index contributed by atoms with van der Waals surface area (Å²) in [5, 5.41) is 24.0. The summed E-state index contributed by atoms with van der Waals surface area (Å²) in [5.74, 6) is -0.403. The van der Waals surface area contributed by atoms with E-state index in [9.17, 15) is 9.59 Å². The summed E-state index contributed by atoms with van der Waals surface area (Å²) in [6.07, 6.45) is 0.972. The maximum Gasteiger partial charge on any atom is 0.306 e. The molecule has 22 heavy (non-hydrogen) atoms. The highest BCUT2D eigenvalue weighted by Crippen LogP contribution is 2.05. The molecule has 0 radical (unpaired) electrons. The van der Waals surface area contributed by atoms with Crippen LogP contribution in [0.5, 0.6) is 0 Å². The fourth-order valence-corrected chi connectivity index (χ4v) is 1.24. The van der Waals surface area contributed by atoms with E-state index in [1.54, 1.807) is 0 Å². The van der Waals surface area contributed by atoms with Crippen LogP contribution in [-0.4, -0.2) is 58.8 Å². The molecule has 0 rings (SSSR count). The van der Waals surface area contributed by atoms with E-state index in [1.807, 2.05) is 27.7 Å². The van der Waals surface area contributed by atoms with Gasteiger partial charge in [0, 0.05) is 12.8 Å². The summed E-state index contributed by atoms with van der Waals surface area (Å²) < 4.78 is 9.93. The molecule has 7 nitrogen and oxygen atoms in total. The molecule has 0 atom stereocenters. The third-order valence-electron chi connectivity index (χ3n) is 2.17. The van der Waals surface area contributed by atoms with Crippen LogP contribution in [0.2, 0.25) is 0 Å². The van der Waals surface area contributed by atoms with E-state index in [1.165, 1.54) is 0 Å². The molecule has 0 aliphatic rings. The fraction of sp³-hybridized carbons (Fsp3) is 0.867. The molecule has 0 saturated carbocycles. The Bertz CT molecular complexity index is 262. The Kier molecular flexibility index (Phi) is 15.5. The average molecular weight is 322 g/mol. The van der Waals surface area contributed by atoms with Crippen molar-refractivity contribution in [3.63, 3.8) is 0 Å². The van der Waals surface area contributed by atoms with Crippen molar-refractivity contribution in [1.29, 1.82) is 0 Å². The molecule has 7 heteroatoms. The third-order valence-corrected chi connectivity index (χ3v) is 2.17. The Morgan fingerprint density at radius 3 is 1.32 bits per heavy atom. The molecule has 0 amide bonds. The summed E-state index contributed by atoms with van der Waals surface area (Å²) in [6, 6.07) is 0. The highest BCUT2D eigenvalue weighted by atomic mass is 16.5. The summed E-state index contributed by atoms with van der Waals surface area (Å²) in [6.45, 7) is 6.54. The first-order valence-corrected chi connectivity index (χ1v) is 7.51. The van der Waals surface area contributed by atoms with Gasteiger partial charge in [-0.3, -0.25) is 9.59 Å². The Labute approximate surface area is 132 Å². The second-order valence-corrected chi connectivity index (χ2v) is 5.30. The van der Waals surface area contributed by atoms with Gasteiger partial charge in [-0.05, 0) is 40.5 Å². The standard InChI is InChI=1S/C12H22O4.C3H8O3/c1-9(2)15-11(13)7-5-6-8-12(14)16-10(3)4;4-1-3(6)2-5/h9-10H,5-8H2,1-4H3;3-6H,1-2H2. The largest absolute Gasteiger partial charge is 0.463 e. The normalized spacial score (nSPS) is 10.5. The maximum atomic E-state index is 11.1. The van der Waals surface area contributed by atoms with Gasteiger partial charge in [-0.1, -0.05) is 0 Å². The van der Waals surface area contributed by atoms with Crippen LogP contribution >= 0.6 is 0 Å². The quantitative estimate of drug-likeness (QED) is 0.424. The molecule has 0 aliphatic heterocycles. The lowest BCUT2D eigenvalue weighted by Crippen LogP contribution is -2.15. The lowest BCUT2D eigenvalue weighted by Gasteiger charge is -2.08. The number of hydrogen-bond acceptors (Lipinski definition) is 7. The van der Waals surface area contributed by atoms with Crippen molar-refractivity contribution in [1.82, 2.24) is 0 Å². The van der Waals surface area contributed by atoms with E-state index in [-0.39, 0.29) is 37.4 Å². The van der Waals surface area contributed by atoms with Gasteiger partial charge in [0.05, 0.1) is 25.4 Å². The fourth-order valence-electron chi connectivity index (χ4n) is 1.24. The number of carbonyl (C=O) groups is 2. The molecule has 0 unspecified atom stereocenters. The molecule has 132 valence electrons.